The average Bonchev–Trinajstić information content (AvgIpc) is 3.25. The van der Waals surface area contributed by atoms with Gasteiger partial charge in [0, 0.05) is 0 Å². The van der Waals surface area contributed by atoms with Crippen molar-refractivity contribution >= 4 is 11.9 Å². The molecule has 2 heterocycles. The van der Waals surface area contributed by atoms with Crippen molar-refractivity contribution in [2.45, 2.75) is 32.5 Å². The molecular formula is C13H22O7. The second-order valence-corrected chi connectivity index (χ2v) is 4.23. The molecule has 2 aliphatic rings. The number of ether oxygens (including phenoxy) is 5. The Hall–Kier alpha value is -1.18. The number of hydrogen-bond acceptors (Lipinski definition) is 7. The van der Waals surface area contributed by atoms with E-state index in [-0.39, 0.29) is 19.6 Å². The summed E-state index contributed by atoms with van der Waals surface area (Å²) in [6.45, 7) is 7.21. The molecule has 0 spiro atoms. The molecule has 0 aliphatic carbocycles. The van der Waals surface area contributed by atoms with E-state index in [1.807, 2.05) is 0 Å². The van der Waals surface area contributed by atoms with Gasteiger partial charge in [-0.3, -0.25) is 9.59 Å². The van der Waals surface area contributed by atoms with Crippen LogP contribution in [0.3, 0.4) is 0 Å². The molecule has 2 fully saturated rings. The van der Waals surface area contributed by atoms with E-state index in [0.717, 1.165) is 26.4 Å². The van der Waals surface area contributed by atoms with Crippen molar-refractivity contribution in [3.05, 3.63) is 0 Å². The molecule has 0 N–H and O–H groups in total. The summed E-state index contributed by atoms with van der Waals surface area (Å²) in [5.74, 6) is -1.07. The van der Waals surface area contributed by atoms with Crippen LogP contribution in [0, 0.1) is 0 Å². The minimum atomic E-state index is -0.536. The average molecular weight is 290 g/mol. The summed E-state index contributed by atoms with van der Waals surface area (Å²) in [4.78, 5) is 21.2. The second-order valence-electron chi connectivity index (χ2n) is 4.23. The van der Waals surface area contributed by atoms with E-state index in [0.29, 0.717) is 12.2 Å². The zero-order chi connectivity index (χ0) is 14.8. The third kappa shape index (κ3) is 9.71. The topological polar surface area (TPSA) is 86.9 Å². The third-order valence-electron chi connectivity index (χ3n) is 2.31. The van der Waals surface area contributed by atoms with Gasteiger partial charge in [-0.15, -0.1) is 0 Å². The molecule has 20 heavy (non-hydrogen) atoms. The van der Waals surface area contributed by atoms with Crippen LogP contribution in [0.2, 0.25) is 0 Å². The Bertz CT molecular complexity index is 269. The lowest BCUT2D eigenvalue weighted by Gasteiger charge is -2.00. The van der Waals surface area contributed by atoms with Gasteiger partial charge in [-0.1, -0.05) is 0 Å². The first-order chi connectivity index (χ1) is 9.65. The normalized spacial score (nSPS) is 22.3. The predicted molar refractivity (Wildman–Crippen MR) is 68.2 cm³/mol. The summed E-state index contributed by atoms with van der Waals surface area (Å²) in [7, 11) is 0. The van der Waals surface area contributed by atoms with Gasteiger partial charge < -0.3 is 23.7 Å². The quantitative estimate of drug-likeness (QED) is 0.361. The van der Waals surface area contributed by atoms with Crippen LogP contribution >= 0.6 is 0 Å². The Morgan fingerprint density at radius 2 is 1.35 bits per heavy atom. The minimum Gasteiger partial charge on any atom is -0.466 e. The molecule has 2 unspecified atom stereocenters. The van der Waals surface area contributed by atoms with Crippen LogP contribution in [0.4, 0.5) is 0 Å². The summed E-state index contributed by atoms with van der Waals surface area (Å²) in [6, 6.07) is 0. The summed E-state index contributed by atoms with van der Waals surface area (Å²) in [5.41, 5.74) is 0. The molecule has 7 nitrogen and oxygen atoms in total. The first-order valence-electron chi connectivity index (χ1n) is 6.77. The number of carbonyl (C=O) groups is 2. The summed E-state index contributed by atoms with van der Waals surface area (Å²) >= 11 is 0. The Morgan fingerprint density at radius 1 is 0.950 bits per heavy atom. The standard InChI is InChI=1S/C7H12O4.C6H10O3/c1-3-10-6(8)5-7(9)11-4-2;1(5-3-8-5)7-2-6-4-9-6/h3-5H2,1-2H3;5-6H,1-4H2. The maximum absolute atomic E-state index is 10.6. The molecule has 0 amide bonds. The fourth-order valence-electron chi connectivity index (χ4n) is 1.20. The first-order valence-corrected chi connectivity index (χ1v) is 6.77. The first kappa shape index (κ1) is 16.9. The Labute approximate surface area is 118 Å². The van der Waals surface area contributed by atoms with Crippen molar-refractivity contribution in [2.75, 3.05) is 39.6 Å². The number of carbonyl (C=O) groups excluding carboxylic acids is 2. The van der Waals surface area contributed by atoms with Crippen LogP contribution in [0.1, 0.15) is 20.3 Å². The Morgan fingerprint density at radius 3 is 1.65 bits per heavy atom. The minimum absolute atomic E-state index is 0.290. The summed E-state index contributed by atoms with van der Waals surface area (Å²) < 4.78 is 24.2. The van der Waals surface area contributed by atoms with Gasteiger partial charge in [0.1, 0.15) is 18.6 Å². The van der Waals surface area contributed by atoms with E-state index in [9.17, 15) is 9.59 Å². The molecule has 2 aliphatic heterocycles. The van der Waals surface area contributed by atoms with Crippen molar-refractivity contribution < 1.29 is 33.3 Å². The van der Waals surface area contributed by atoms with Crippen LogP contribution in [0.25, 0.3) is 0 Å². The fourth-order valence-corrected chi connectivity index (χ4v) is 1.20. The van der Waals surface area contributed by atoms with E-state index in [2.05, 4.69) is 9.47 Å². The van der Waals surface area contributed by atoms with E-state index < -0.39 is 11.9 Å². The lowest BCUT2D eigenvalue weighted by molar-refractivity contribution is -0.153. The molecule has 0 saturated carbocycles. The van der Waals surface area contributed by atoms with Gasteiger partial charge in [-0.25, -0.2) is 0 Å². The van der Waals surface area contributed by atoms with Crippen LogP contribution in [0.5, 0.6) is 0 Å². The molecule has 0 aromatic rings. The number of epoxide rings is 2. The van der Waals surface area contributed by atoms with Gasteiger partial charge in [0.05, 0.1) is 39.6 Å². The van der Waals surface area contributed by atoms with Gasteiger partial charge in [0.25, 0.3) is 0 Å². The largest absolute Gasteiger partial charge is 0.466 e. The molecule has 2 rings (SSSR count). The molecule has 2 saturated heterocycles. The molecule has 0 aromatic heterocycles. The predicted octanol–water partition coefficient (Wildman–Crippen LogP) is 0.303. The van der Waals surface area contributed by atoms with Crippen molar-refractivity contribution in [2.24, 2.45) is 0 Å². The number of hydrogen-bond donors (Lipinski definition) is 0. The molecule has 2 atom stereocenters. The maximum atomic E-state index is 10.6. The molecule has 0 radical (unpaired) electrons. The monoisotopic (exact) mass is 290 g/mol. The van der Waals surface area contributed by atoms with Crippen molar-refractivity contribution in [1.29, 1.82) is 0 Å². The highest BCUT2D eigenvalue weighted by Crippen LogP contribution is 2.12. The van der Waals surface area contributed by atoms with E-state index in [4.69, 9.17) is 14.2 Å². The van der Waals surface area contributed by atoms with Gasteiger partial charge in [-0.05, 0) is 13.8 Å². The van der Waals surface area contributed by atoms with Crippen LogP contribution in [-0.2, 0) is 33.3 Å². The number of esters is 2. The molecule has 0 aromatic carbocycles. The molecule has 116 valence electrons. The summed E-state index contributed by atoms with van der Waals surface area (Å²) in [6.07, 6.45) is 0.495. The highest BCUT2D eigenvalue weighted by atomic mass is 16.6. The third-order valence-corrected chi connectivity index (χ3v) is 2.31. The molecular weight excluding hydrogens is 268 g/mol. The zero-order valence-corrected chi connectivity index (χ0v) is 12.0. The van der Waals surface area contributed by atoms with Crippen LogP contribution in [-0.4, -0.2) is 63.8 Å². The van der Waals surface area contributed by atoms with Crippen molar-refractivity contribution in [1.82, 2.24) is 0 Å². The highest BCUT2D eigenvalue weighted by molar-refractivity contribution is 5.91. The number of rotatable bonds is 8. The lowest BCUT2D eigenvalue weighted by atomic mass is 10.4. The molecule has 7 heteroatoms. The second kappa shape index (κ2) is 9.68. The van der Waals surface area contributed by atoms with Gasteiger partial charge in [0.15, 0.2) is 0 Å². The van der Waals surface area contributed by atoms with Crippen molar-refractivity contribution in [3.63, 3.8) is 0 Å². The Balaban J connectivity index is 0.000000202. The fraction of sp³-hybridized carbons (Fsp3) is 0.846. The van der Waals surface area contributed by atoms with E-state index in [1.165, 1.54) is 0 Å². The maximum Gasteiger partial charge on any atom is 0.317 e. The lowest BCUT2D eigenvalue weighted by Crippen LogP contribution is -2.13. The highest BCUT2D eigenvalue weighted by Gasteiger charge is 2.26. The SMILES string of the molecule is C(OCC1CO1)C1CO1.CCOC(=O)CC(=O)OCC. The van der Waals surface area contributed by atoms with Crippen LogP contribution in [0.15, 0.2) is 0 Å². The summed E-state index contributed by atoms with van der Waals surface area (Å²) in [5, 5.41) is 0. The smallest absolute Gasteiger partial charge is 0.317 e. The van der Waals surface area contributed by atoms with Gasteiger partial charge in [-0.2, -0.15) is 0 Å². The van der Waals surface area contributed by atoms with E-state index in [1.54, 1.807) is 13.8 Å². The van der Waals surface area contributed by atoms with Crippen molar-refractivity contribution in [3.8, 4) is 0 Å². The van der Waals surface area contributed by atoms with E-state index >= 15 is 0 Å². The van der Waals surface area contributed by atoms with Gasteiger partial charge in [0.2, 0.25) is 0 Å². The molecule has 0 bridgehead atoms. The van der Waals surface area contributed by atoms with Gasteiger partial charge >= 0.3 is 11.9 Å². The Kier molecular flexibility index (Phi) is 8.17. The van der Waals surface area contributed by atoms with Crippen LogP contribution < -0.4 is 0 Å². The zero-order valence-electron chi connectivity index (χ0n) is 12.0.